The van der Waals surface area contributed by atoms with Crippen molar-refractivity contribution in [3.8, 4) is 17.1 Å². The van der Waals surface area contributed by atoms with Crippen LogP contribution in [0.15, 0.2) is 54.9 Å². The van der Waals surface area contributed by atoms with Crippen LogP contribution in [-0.4, -0.2) is 32.3 Å². The summed E-state index contributed by atoms with van der Waals surface area (Å²) in [6, 6.07) is 14.4. The van der Waals surface area contributed by atoms with Crippen molar-refractivity contribution < 1.29 is 0 Å². The van der Waals surface area contributed by atoms with Crippen LogP contribution in [0.3, 0.4) is 0 Å². The van der Waals surface area contributed by atoms with Gasteiger partial charge in [-0.05, 0) is 25.0 Å². The fourth-order valence-electron chi connectivity index (χ4n) is 3.26. The molecule has 0 unspecified atom stereocenters. The Hall–Kier alpha value is -2.60. The van der Waals surface area contributed by atoms with Crippen molar-refractivity contribution in [2.75, 3.05) is 18.0 Å². The Kier molecular flexibility index (Phi) is 3.16. The van der Waals surface area contributed by atoms with Crippen LogP contribution in [0.5, 0.6) is 0 Å². The van der Waals surface area contributed by atoms with Crippen molar-refractivity contribution in [1.29, 1.82) is 0 Å². The number of rotatable bonds is 3. The highest BCUT2D eigenvalue weighted by Gasteiger charge is 2.22. The minimum absolute atomic E-state index is 0.944. The molecule has 1 fully saturated rings. The molecule has 0 atom stereocenters. The first-order chi connectivity index (χ1) is 11.9. The van der Waals surface area contributed by atoms with E-state index in [-0.39, 0.29) is 0 Å². The largest absolute Gasteiger partial charge is 0.347 e. The highest BCUT2D eigenvalue weighted by atomic mass is 32.1. The van der Waals surface area contributed by atoms with E-state index in [9.17, 15) is 0 Å². The summed E-state index contributed by atoms with van der Waals surface area (Å²) in [5, 5.41) is 5.95. The summed E-state index contributed by atoms with van der Waals surface area (Å²) in [5.41, 5.74) is 2.08. The van der Waals surface area contributed by atoms with E-state index >= 15 is 0 Å². The number of aromatic nitrogens is 4. The van der Waals surface area contributed by atoms with Gasteiger partial charge in [0, 0.05) is 31.0 Å². The van der Waals surface area contributed by atoms with Crippen LogP contribution in [0.4, 0.5) is 5.13 Å². The van der Waals surface area contributed by atoms with E-state index in [4.69, 9.17) is 10.1 Å². The Morgan fingerprint density at radius 2 is 1.67 bits per heavy atom. The van der Waals surface area contributed by atoms with Crippen molar-refractivity contribution in [3.63, 3.8) is 0 Å². The number of imidazole rings is 1. The SMILES string of the molecule is c1ccc(-c2nc3sc(N4CCCC4)nn3c2-n2cccc2)cc1. The fourth-order valence-corrected chi connectivity index (χ4v) is 4.21. The van der Waals surface area contributed by atoms with Crippen LogP contribution in [0.2, 0.25) is 0 Å². The Bertz CT molecular complexity index is 962. The van der Waals surface area contributed by atoms with Gasteiger partial charge in [0.1, 0.15) is 5.69 Å². The average molecular weight is 335 g/mol. The van der Waals surface area contributed by atoms with Crippen LogP contribution in [0.1, 0.15) is 12.8 Å². The Morgan fingerprint density at radius 3 is 2.42 bits per heavy atom. The van der Waals surface area contributed by atoms with Crippen molar-refractivity contribution in [2.45, 2.75) is 12.8 Å². The quantitative estimate of drug-likeness (QED) is 0.571. The van der Waals surface area contributed by atoms with Gasteiger partial charge in [0.25, 0.3) is 0 Å². The second-order valence-electron chi connectivity index (χ2n) is 6.01. The van der Waals surface area contributed by atoms with E-state index < -0.39 is 0 Å². The van der Waals surface area contributed by atoms with Gasteiger partial charge in [0.15, 0.2) is 5.82 Å². The summed E-state index contributed by atoms with van der Waals surface area (Å²) in [4.78, 5) is 8.21. The monoisotopic (exact) mass is 335 g/mol. The van der Waals surface area contributed by atoms with E-state index in [1.165, 1.54) is 12.8 Å². The van der Waals surface area contributed by atoms with Gasteiger partial charge in [-0.25, -0.2) is 4.98 Å². The van der Waals surface area contributed by atoms with Gasteiger partial charge < -0.3 is 9.47 Å². The van der Waals surface area contributed by atoms with Gasteiger partial charge in [-0.2, -0.15) is 4.52 Å². The Morgan fingerprint density at radius 1 is 0.917 bits per heavy atom. The zero-order valence-electron chi connectivity index (χ0n) is 13.2. The summed E-state index contributed by atoms with van der Waals surface area (Å²) in [6.45, 7) is 2.20. The lowest BCUT2D eigenvalue weighted by atomic mass is 10.1. The predicted molar refractivity (Wildman–Crippen MR) is 97.1 cm³/mol. The number of benzene rings is 1. The zero-order valence-corrected chi connectivity index (χ0v) is 14.0. The zero-order chi connectivity index (χ0) is 15.9. The van der Waals surface area contributed by atoms with E-state index in [0.29, 0.717) is 0 Å². The lowest BCUT2D eigenvalue weighted by Crippen LogP contribution is -2.17. The first-order valence-corrected chi connectivity index (χ1v) is 9.05. The molecule has 120 valence electrons. The number of hydrogen-bond donors (Lipinski definition) is 0. The molecule has 6 heteroatoms. The molecule has 4 heterocycles. The molecule has 4 aromatic rings. The van der Waals surface area contributed by atoms with E-state index in [2.05, 4.69) is 21.6 Å². The van der Waals surface area contributed by atoms with Gasteiger partial charge >= 0.3 is 0 Å². The summed E-state index contributed by atoms with van der Waals surface area (Å²) in [5.74, 6) is 1.00. The van der Waals surface area contributed by atoms with Gasteiger partial charge in [-0.15, -0.1) is 5.10 Å². The molecule has 1 aliphatic rings. The summed E-state index contributed by atoms with van der Waals surface area (Å²) in [6.07, 6.45) is 6.60. The third-order valence-corrected chi connectivity index (χ3v) is 5.41. The maximum atomic E-state index is 4.90. The van der Waals surface area contributed by atoms with E-state index in [0.717, 1.165) is 40.3 Å². The highest BCUT2D eigenvalue weighted by molar-refractivity contribution is 7.20. The third-order valence-electron chi connectivity index (χ3n) is 4.44. The van der Waals surface area contributed by atoms with Gasteiger partial charge in [0.05, 0.1) is 0 Å². The molecule has 0 aliphatic carbocycles. The maximum Gasteiger partial charge on any atom is 0.216 e. The molecule has 5 nitrogen and oxygen atoms in total. The van der Waals surface area contributed by atoms with Crippen LogP contribution >= 0.6 is 11.3 Å². The molecule has 1 aromatic carbocycles. The molecular weight excluding hydrogens is 318 g/mol. The minimum atomic E-state index is 0.944. The minimum Gasteiger partial charge on any atom is -0.347 e. The highest BCUT2D eigenvalue weighted by Crippen LogP contribution is 2.33. The molecule has 0 N–H and O–H groups in total. The van der Waals surface area contributed by atoms with E-state index in [1.807, 2.05) is 47.2 Å². The third kappa shape index (κ3) is 2.14. The van der Waals surface area contributed by atoms with Crippen LogP contribution in [-0.2, 0) is 0 Å². The number of fused-ring (bicyclic) bond motifs is 1. The van der Waals surface area contributed by atoms with Crippen LogP contribution in [0.25, 0.3) is 22.0 Å². The second kappa shape index (κ2) is 5.49. The first-order valence-electron chi connectivity index (χ1n) is 8.23. The van der Waals surface area contributed by atoms with Gasteiger partial charge in [-0.3, -0.25) is 0 Å². The van der Waals surface area contributed by atoms with Gasteiger partial charge in [0.2, 0.25) is 10.1 Å². The lowest BCUT2D eigenvalue weighted by Gasteiger charge is -2.11. The van der Waals surface area contributed by atoms with Crippen LogP contribution in [0, 0.1) is 0 Å². The number of hydrogen-bond acceptors (Lipinski definition) is 4. The molecule has 0 amide bonds. The normalized spacial score (nSPS) is 14.8. The lowest BCUT2D eigenvalue weighted by molar-refractivity contribution is 0.856. The topological polar surface area (TPSA) is 38.4 Å². The van der Waals surface area contributed by atoms with Crippen LogP contribution < -0.4 is 4.90 Å². The van der Waals surface area contributed by atoms with Crippen molar-refractivity contribution in [2.24, 2.45) is 0 Å². The molecular formula is C18H17N5S. The molecule has 0 spiro atoms. The maximum absolute atomic E-state index is 4.90. The van der Waals surface area contributed by atoms with Crippen molar-refractivity contribution >= 4 is 21.4 Å². The van der Waals surface area contributed by atoms with Gasteiger partial charge in [-0.1, -0.05) is 41.7 Å². The second-order valence-corrected chi connectivity index (χ2v) is 6.95. The predicted octanol–water partition coefficient (Wildman–Crippen LogP) is 3.85. The standard InChI is InChI=1S/C18H17N5S/c1-2-8-14(9-3-1)15-16(21-10-4-5-11-21)23-17(19-15)24-18(20-23)22-12-6-7-13-22/h1-5,8-11H,6-7,12-13H2. The Labute approximate surface area is 143 Å². The molecule has 3 aromatic heterocycles. The molecule has 5 rings (SSSR count). The fraction of sp³-hybridized carbons (Fsp3) is 0.222. The molecule has 1 saturated heterocycles. The summed E-state index contributed by atoms with van der Waals surface area (Å²) < 4.78 is 4.08. The van der Waals surface area contributed by atoms with Crippen molar-refractivity contribution in [1.82, 2.24) is 19.2 Å². The average Bonchev–Trinajstić information content (AvgIpc) is 3.37. The smallest absolute Gasteiger partial charge is 0.216 e. The number of anilines is 1. The number of nitrogens with zero attached hydrogens (tertiary/aromatic N) is 5. The van der Waals surface area contributed by atoms with E-state index in [1.54, 1.807) is 11.3 Å². The molecule has 0 bridgehead atoms. The molecule has 24 heavy (non-hydrogen) atoms. The first kappa shape index (κ1) is 13.8. The Balaban J connectivity index is 1.72. The van der Waals surface area contributed by atoms with Crippen molar-refractivity contribution in [3.05, 3.63) is 54.9 Å². The molecule has 0 radical (unpaired) electrons. The summed E-state index contributed by atoms with van der Waals surface area (Å²) >= 11 is 1.67. The molecule has 0 saturated carbocycles. The summed E-state index contributed by atoms with van der Waals surface area (Å²) in [7, 11) is 0. The molecule has 1 aliphatic heterocycles.